The van der Waals surface area contributed by atoms with Crippen LogP contribution in [0.2, 0.25) is 0 Å². The van der Waals surface area contributed by atoms with E-state index in [-0.39, 0.29) is 5.41 Å². The molecule has 0 radical (unpaired) electrons. The first-order chi connectivity index (χ1) is 30.4. The molecular formula is C56H59NO4S. The largest absolute Gasteiger partial charge is 0.497 e. The monoisotopic (exact) mass is 841 g/mol. The number of rotatable bonds is 11. The van der Waals surface area contributed by atoms with Crippen LogP contribution in [-0.4, -0.2) is 40.5 Å². The molecule has 10 rings (SSSR count). The van der Waals surface area contributed by atoms with Crippen molar-refractivity contribution in [2.24, 2.45) is 5.41 Å². The lowest BCUT2D eigenvalue weighted by Gasteiger charge is -2.47. The predicted octanol–water partition coefficient (Wildman–Crippen LogP) is 13.9. The van der Waals surface area contributed by atoms with E-state index < -0.39 is 5.60 Å². The third kappa shape index (κ3) is 6.71. The van der Waals surface area contributed by atoms with Gasteiger partial charge in [0.2, 0.25) is 0 Å². The van der Waals surface area contributed by atoms with Crippen molar-refractivity contribution in [3.05, 3.63) is 149 Å². The molecule has 2 aliphatic heterocycles. The molecule has 6 aromatic rings. The number of nitrogens with zero attached hydrogens (tertiary/aromatic N) is 1. The Morgan fingerprint density at radius 1 is 0.694 bits per heavy atom. The van der Waals surface area contributed by atoms with Gasteiger partial charge in [-0.1, -0.05) is 111 Å². The van der Waals surface area contributed by atoms with Gasteiger partial charge in [-0.15, -0.1) is 0 Å². The SMILES string of the molecule is CCCC1(CCC)CCC2(CC1)c1ccccc1-c1c2c2c(c3cc(N4CCOCC4)c(Sc4ccccc4C)cc13)OC(c1ccc(OC)cc1)(c1ccc(OC)cc1)C=C2. The number of methoxy groups -OCH3 is 2. The summed E-state index contributed by atoms with van der Waals surface area (Å²) in [5.41, 5.74) is 10.9. The lowest BCUT2D eigenvalue weighted by atomic mass is 9.57. The highest BCUT2D eigenvalue weighted by Gasteiger charge is 2.52. The molecule has 0 unspecified atom stereocenters. The number of fused-ring (bicyclic) bond motifs is 10. The second-order valence-corrected chi connectivity index (χ2v) is 19.2. The molecule has 6 heteroatoms. The molecule has 1 saturated carbocycles. The average Bonchev–Trinajstić information content (AvgIpc) is 3.60. The lowest BCUT2D eigenvalue weighted by Crippen LogP contribution is -2.38. The van der Waals surface area contributed by atoms with Crippen LogP contribution in [0.5, 0.6) is 17.2 Å². The standard InChI is InChI=1S/C56H59NO4S/c1-6-25-54(26-7-2)28-30-55(31-29-54)47-14-10-9-13-43(47)51-45-37-50(62-49-15-11-8-12-38(49)3)48(57-32-34-60-35-33-57)36-46(45)53-44(52(51)55)24-27-56(61-53,39-16-20-41(58-4)21-17-39)40-18-22-42(59-5)23-19-40/h8-24,27,36-37H,6-7,25-26,28-35H2,1-5H3. The molecule has 0 amide bonds. The Hall–Kier alpha value is -5.17. The van der Waals surface area contributed by atoms with E-state index in [1.165, 1.54) is 92.8 Å². The summed E-state index contributed by atoms with van der Waals surface area (Å²) in [6.45, 7) is 10.1. The van der Waals surface area contributed by atoms with Crippen LogP contribution in [0.15, 0.2) is 125 Å². The summed E-state index contributed by atoms with van der Waals surface area (Å²) in [7, 11) is 3.44. The van der Waals surface area contributed by atoms with Gasteiger partial charge < -0.3 is 23.8 Å². The lowest BCUT2D eigenvalue weighted by molar-refractivity contribution is 0.118. The van der Waals surface area contributed by atoms with Crippen molar-refractivity contribution in [1.82, 2.24) is 0 Å². The molecule has 5 nitrogen and oxygen atoms in total. The molecule has 318 valence electrons. The molecule has 62 heavy (non-hydrogen) atoms. The highest BCUT2D eigenvalue weighted by atomic mass is 32.2. The highest BCUT2D eigenvalue weighted by Crippen LogP contribution is 2.65. The van der Waals surface area contributed by atoms with Gasteiger partial charge in [0.1, 0.15) is 17.2 Å². The van der Waals surface area contributed by atoms with Crippen LogP contribution in [0.3, 0.4) is 0 Å². The smallest absolute Gasteiger partial charge is 0.178 e. The van der Waals surface area contributed by atoms with Gasteiger partial charge in [0.25, 0.3) is 0 Å². The Kier molecular flexibility index (Phi) is 10.9. The molecule has 0 atom stereocenters. The van der Waals surface area contributed by atoms with Crippen molar-refractivity contribution in [1.29, 1.82) is 0 Å². The molecule has 1 spiro atoms. The Morgan fingerprint density at radius 2 is 1.32 bits per heavy atom. The Bertz CT molecular complexity index is 2580. The first-order valence-electron chi connectivity index (χ1n) is 22.9. The number of anilines is 1. The normalized spacial score (nSPS) is 17.9. The minimum atomic E-state index is -0.914. The van der Waals surface area contributed by atoms with Crippen molar-refractivity contribution in [2.75, 3.05) is 45.4 Å². The molecule has 2 fully saturated rings. The van der Waals surface area contributed by atoms with Crippen LogP contribution in [0.25, 0.3) is 28.0 Å². The summed E-state index contributed by atoms with van der Waals surface area (Å²) in [5, 5.41) is 2.42. The predicted molar refractivity (Wildman–Crippen MR) is 256 cm³/mol. The van der Waals surface area contributed by atoms with Gasteiger partial charge in [-0.25, -0.2) is 0 Å². The second-order valence-electron chi connectivity index (χ2n) is 18.1. The van der Waals surface area contributed by atoms with E-state index in [4.69, 9.17) is 18.9 Å². The summed E-state index contributed by atoms with van der Waals surface area (Å²) in [4.78, 5) is 5.07. The van der Waals surface area contributed by atoms with Crippen LogP contribution in [-0.2, 0) is 15.8 Å². The Labute approximate surface area is 372 Å². The number of hydrogen-bond donors (Lipinski definition) is 0. The number of benzene rings is 6. The first-order valence-corrected chi connectivity index (χ1v) is 23.7. The van der Waals surface area contributed by atoms with E-state index in [1.54, 1.807) is 14.2 Å². The zero-order chi connectivity index (χ0) is 42.5. The minimum absolute atomic E-state index is 0.116. The van der Waals surface area contributed by atoms with Gasteiger partial charge in [-0.05, 0) is 133 Å². The summed E-state index contributed by atoms with van der Waals surface area (Å²) >= 11 is 1.89. The molecule has 2 aliphatic carbocycles. The van der Waals surface area contributed by atoms with Crippen LogP contribution in [0.1, 0.15) is 98.6 Å². The third-order valence-corrected chi connectivity index (χ3v) is 16.0. The zero-order valence-corrected chi connectivity index (χ0v) is 37.8. The fourth-order valence-corrected chi connectivity index (χ4v) is 12.8. The number of hydrogen-bond acceptors (Lipinski definition) is 6. The number of morpholine rings is 1. The van der Waals surface area contributed by atoms with Gasteiger partial charge in [-0.2, -0.15) is 0 Å². The van der Waals surface area contributed by atoms with Gasteiger partial charge in [-0.3, -0.25) is 0 Å². The molecule has 0 N–H and O–H groups in total. The maximum atomic E-state index is 7.93. The quantitative estimate of drug-likeness (QED) is 0.129. The van der Waals surface area contributed by atoms with Crippen LogP contribution >= 0.6 is 11.8 Å². The Morgan fingerprint density at radius 3 is 1.95 bits per heavy atom. The molecule has 6 aromatic carbocycles. The summed E-state index contributed by atoms with van der Waals surface area (Å²) in [5.74, 6) is 2.59. The summed E-state index contributed by atoms with van der Waals surface area (Å²) < 4.78 is 25.2. The van der Waals surface area contributed by atoms with Gasteiger partial charge in [0.05, 0.1) is 33.1 Å². The molecule has 0 aromatic heterocycles. The number of ether oxygens (including phenoxy) is 4. The summed E-state index contributed by atoms with van der Waals surface area (Å²) in [6, 6.07) is 40.0. The maximum absolute atomic E-state index is 7.93. The molecule has 4 aliphatic rings. The second kappa shape index (κ2) is 16.5. The molecular weight excluding hydrogens is 783 g/mol. The van der Waals surface area contributed by atoms with Crippen LogP contribution in [0, 0.1) is 12.3 Å². The maximum Gasteiger partial charge on any atom is 0.178 e. The van der Waals surface area contributed by atoms with Crippen LogP contribution in [0.4, 0.5) is 5.69 Å². The van der Waals surface area contributed by atoms with Gasteiger partial charge in [0, 0.05) is 50.4 Å². The molecule has 1 saturated heterocycles. The first kappa shape index (κ1) is 40.9. The van der Waals surface area contributed by atoms with E-state index in [0.717, 1.165) is 59.7 Å². The fraction of sp³-hybridized carbons (Fsp3) is 0.357. The molecule has 2 heterocycles. The van der Waals surface area contributed by atoms with Crippen molar-refractivity contribution >= 4 is 34.3 Å². The van der Waals surface area contributed by atoms with Crippen molar-refractivity contribution in [2.45, 2.75) is 92.9 Å². The fourth-order valence-electron chi connectivity index (χ4n) is 11.7. The van der Waals surface area contributed by atoms with E-state index in [9.17, 15) is 0 Å². The summed E-state index contributed by atoms with van der Waals surface area (Å²) in [6.07, 6.45) is 14.6. The van der Waals surface area contributed by atoms with Crippen molar-refractivity contribution < 1.29 is 18.9 Å². The average molecular weight is 842 g/mol. The highest BCUT2D eigenvalue weighted by molar-refractivity contribution is 7.99. The van der Waals surface area contributed by atoms with E-state index in [0.29, 0.717) is 18.6 Å². The third-order valence-electron chi connectivity index (χ3n) is 14.7. The van der Waals surface area contributed by atoms with Gasteiger partial charge >= 0.3 is 0 Å². The number of aryl methyl sites for hydroxylation is 1. The molecule has 0 bridgehead atoms. The van der Waals surface area contributed by atoms with Crippen molar-refractivity contribution in [3.8, 4) is 28.4 Å². The van der Waals surface area contributed by atoms with E-state index >= 15 is 0 Å². The zero-order valence-electron chi connectivity index (χ0n) is 37.0. The topological polar surface area (TPSA) is 40.2 Å². The van der Waals surface area contributed by atoms with Crippen LogP contribution < -0.4 is 19.1 Å². The van der Waals surface area contributed by atoms with E-state index in [1.807, 2.05) is 36.0 Å². The van der Waals surface area contributed by atoms with Crippen molar-refractivity contribution in [3.63, 3.8) is 0 Å². The Balaban J connectivity index is 1.27. The van der Waals surface area contributed by atoms with Gasteiger partial charge in [0.15, 0.2) is 5.60 Å². The minimum Gasteiger partial charge on any atom is -0.497 e. The van der Waals surface area contributed by atoms with E-state index in [2.05, 4.69) is 123 Å².